The first kappa shape index (κ1) is 22.9. The molecule has 0 radical (unpaired) electrons. The molecule has 0 saturated carbocycles. The molecule has 2 aromatic heterocycles. The number of aryl methyl sites for hydroxylation is 1. The zero-order valence-electron chi connectivity index (χ0n) is 18.8. The average Bonchev–Trinajstić information content (AvgIpc) is 3.00. The number of fused-ring (bicyclic) bond motifs is 1. The summed E-state index contributed by atoms with van der Waals surface area (Å²) in [5.74, 6) is 1.44. The third-order valence-electron chi connectivity index (χ3n) is 5.90. The second-order valence-corrected chi connectivity index (χ2v) is 10.4. The number of amides is 1. The number of hydrogen-bond donors (Lipinski definition) is 0. The van der Waals surface area contributed by atoms with E-state index < -0.39 is 0 Å². The number of nitrogens with zero attached hydrogens (tertiary/aromatic N) is 4. The molecule has 170 valence electrons. The number of piperidine rings is 1. The SMILES string of the molecule is COCCN1C(=O)C(=Cc2c(N3CC(C)CC(C)C3)nc3c(C)cccn3c2=O)SC1=S. The predicted molar refractivity (Wildman–Crippen MR) is 133 cm³/mol. The van der Waals surface area contributed by atoms with E-state index in [1.165, 1.54) is 16.7 Å². The minimum absolute atomic E-state index is 0.179. The molecule has 7 nitrogen and oxygen atoms in total. The summed E-state index contributed by atoms with van der Waals surface area (Å²) in [7, 11) is 1.59. The number of ether oxygens (including phenoxy) is 1. The van der Waals surface area contributed by atoms with E-state index in [1.54, 1.807) is 23.8 Å². The van der Waals surface area contributed by atoms with Gasteiger partial charge < -0.3 is 9.64 Å². The van der Waals surface area contributed by atoms with Crippen LogP contribution in [0.1, 0.15) is 31.4 Å². The second kappa shape index (κ2) is 9.33. The van der Waals surface area contributed by atoms with Crippen molar-refractivity contribution in [1.82, 2.24) is 14.3 Å². The van der Waals surface area contributed by atoms with Gasteiger partial charge in [-0.25, -0.2) is 4.98 Å². The van der Waals surface area contributed by atoms with Gasteiger partial charge in [0, 0.05) is 26.4 Å². The molecule has 0 aromatic carbocycles. The Morgan fingerprint density at radius 3 is 2.69 bits per heavy atom. The second-order valence-electron chi connectivity index (χ2n) is 8.72. The van der Waals surface area contributed by atoms with Gasteiger partial charge in [0.1, 0.15) is 15.8 Å². The van der Waals surface area contributed by atoms with E-state index >= 15 is 0 Å². The van der Waals surface area contributed by atoms with Crippen molar-refractivity contribution in [1.29, 1.82) is 0 Å². The van der Waals surface area contributed by atoms with Crippen LogP contribution in [0, 0.1) is 18.8 Å². The van der Waals surface area contributed by atoms with Crippen molar-refractivity contribution in [3.8, 4) is 0 Å². The van der Waals surface area contributed by atoms with E-state index in [4.69, 9.17) is 21.9 Å². The van der Waals surface area contributed by atoms with Crippen LogP contribution in [-0.4, -0.2) is 57.9 Å². The summed E-state index contributed by atoms with van der Waals surface area (Å²) in [6.45, 7) is 8.84. The Morgan fingerprint density at radius 1 is 1.28 bits per heavy atom. The topological polar surface area (TPSA) is 67.2 Å². The van der Waals surface area contributed by atoms with Gasteiger partial charge in [-0.15, -0.1) is 0 Å². The number of carbonyl (C=O) groups is 1. The van der Waals surface area contributed by atoms with Gasteiger partial charge in [-0.2, -0.15) is 0 Å². The lowest BCUT2D eigenvalue weighted by Gasteiger charge is -2.36. The summed E-state index contributed by atoms with van der Waals surface area (Å²) < 4.78 is 7.14. The van der Waals surface area contributed by atoms with Gasteiger partial charge in [-0.1, -0.05) is 43.9 Å². The molecule has 2 atom stereocenters. The molecule has 2 fully saturated rings. The molecule has 2 aromatic rings. The molecule has 2 unspecified atom stereocenters. The first-order chi connectivity index (χ1) is 15.3. The molecule has 2 saturated heterocycles. The minimum Gasteiger partial charge on any atom is -0.383 e. The number of pyridine rings is 1. The Hall–Kier alpha value is -2.23. The van der Waals surface area contributed by atoms with Crippen molar-refractivity contribution >= 4 is 51.7 Å². The number of methoxy groups -OCH3 is 1. The Balaban J connectivity index is 1.85. The zero-order chi connectivity index (χ0) is 23.0. The van der Waals surface area contributed by atoms with Crippen molar-refractivity contribution in [3.63, 3.8) is 0 Å². The standard InChI is InChI=1S/C23H28N4O3S2/c1-14-10-15(2)13-25(12-14)20-17(21(28)26-7-5-6-16(3)19(26)24-20)11-18-22(29)27(8-9-30-4)23(31)32-18/h5-7,11,14-15H,8-10,12-13H2,1-4H3. The lowest BCUT2D eigenvalue weighted by atomic mass is 9.91. The fraction of sp³-hybridized carbons (Fsp3) is 0.478. The summed E-state index contributed by atoms with van der Waals surface area (Å²) >= 11 is 6.62. The van der Waals surface area contributed by atoms with Crippen molar-refractivity contribution in [2.75, 3.05) is 38.3 Å². The maximum absolute atomic E-state index is 13.6. The van der Waals surface area contributed by atoms with Crippen LogP contribution < -0.4 is 10.5 Å². The number of aromatic nitrogens is 2. The summed E-state index contributed by atoms with van der Waals surface area (Å²) in [5, 5.41) is 0. The number of rotatable bonds is 5. The molecule has 2 aliphatic rings. The number of hydrogen-bond acceptors (Lipinski definition) is 7. The van der Waals surface area contributed by atoms with Crippen LogP contribution in [0.25, 0.3) is 11.7 Å². The van der Waals surface area contributed by atoms with E-state index in [-0.39, 0.29) is 11.5 Å². The lowest BCUT2D eigenvalue weighted by Crippen LogP contribution is -2.40. The smallest absolute Gasteiger partial charge is 0.267 e. The highest BCUT2D eigenvalue weighted by molar-refractivity contribution is 8.26. The largest absolute Gasteiger partial charge is 0.383 e. The van der Waals surface area contributed by atoms with E-state index in [0.717, 1.165) is 25.1 Å². The van der Waals surface area contributed by atoms with Crippen LogP contribution in [0.2, 0.25) is 0 Å². The molecule has 2 aliphatic heterocycles. The maximum Gasteiger partial charge on any atom is 0.267 e. The summed E-state index contributed by atoms with van der Waals surface area (Å²) in [5.41, 5.74) is 1.83. The van der Waals surface area contributed by atoms with Crippen LogP contribution >= 0.6 is 24.0 Å². The number of thiocarbonyl (C=S) groups is 1. The van der Waals surface area contributed by atoms with Gasteiger partial charge in [-0.3, -0.25) is 18.9 Å². The third kappa shape index (κ3) is 4.33. The Morgan fingerprint density at radius 2 is 2.00 bits per heavy atom. The minimum atomic E-state index is -0.197. The number of anilines is 1. The van der Waals surface area contributed by atoms with Crippen LogP contribution in [-0.2, 0) is 9.53 Å². The molecule has 4 heterocycles. The predicted octanol–water partition coefficient (Wildman–Crippen LogP) is 3.33. The van der Waals surface area contributed by atoms with Crippen LogP contribution in [0.5, 0.6) is 0 Å². The Kier molecular flexibility index (Phi) is 6.69. The highest BCUT2D eigenvalue weighted by atomic mass is 32.2. The highest BCUT2D eigenvalue weighted by Crippen LogP contribution is 2.34. The van der Waals surface area contributed by atoms with Crippen molar-refractivity contribution in [2.24, 2.45) is 11.8 Å². The average molecular weight is 473 g/mol. The Labute approximate surface area is 197 Å². The number of carbonyl (C=O) groups excluding carboxylic acids is 1. The highest BCUT2D eigenvalue weighted by Gasteiger charge is 2.33. The number of thioether (sulfide) groups is 1. The third-order valence-corrected chi connectivity index (χ3v) is 7.28. The summed E-state index contributed by atoms with van der Waals surface area (Å²) in [6.07, 6.45) is 4.55. The Bertz CT molecular complexity index is 1150. The maximum atomic E-state index is 13.6. The van der Waals surface area contributed by atoms with Gasteiger partial charge in [0.15, 0.2) is 0 Å². The van der Waals surface area contributed by atoms with Crippen molar-refractivity contribution < 1.29 is 9.53 Å². The van der Waals surface area contributed by atoms with E-state index in [1.807, 2.05) is 19.1 Å². The summed E-state index contributed by atoms with van der Waals surface area (Å²) in [6, 6.07) is 3.79. The molecule has 4 rings (SSSR count). The van der Waals surface area contributed by atoms with Gasteiger partial charge in [0.2, 0.25) is 0 Å². The van der Waals surface area contributed by atoms with E-state index in [2.05, 4.69) is 18.7 Å². The van der Waals surface area contributed by atoms with Crippen molar-refractivity contribution in [3.05, 3.63) is 44.7 Å². The molecule has 32 heavy (non-hydrogen) atoms. The zero-order valence-corrected chi connectivity index (χ0v) is 20.5. The van der Waals surface area contributed by atoms with Crippen LogP contribution in [0.3, 0.4) is 0 Å². The molecular formula is C23H28N4O3S2. The van der Waals surface area contributed by atoms with Crippen molar-refractivity contribution in [2.45, 2.75) is 27.2 Å². The molecular weight excluding hydrogens is 444 g/mol. The van der Waals surface area contributed by atoms with Gasteiger partial charge in [-0.05, 0) is 42.9 Å². The van der Waals surface area contributed by atoms with Gasteiger partial charge in [0.25, 0.3) is 11.5 Å². The first-order valence-electron chi connectivity index (χ1n) is 10.8. The molecule has 0 aliphatic carbocycles. The normalized spacial score (nSPS) is 23.1. The van der Waals surface area contributed by atoms with Crippen LogP contribution in [0.15, 0.2) is 28.0 Å². The van der Waals surface area contributed by atoms with E-state index in [0.29, 0.717) is 51.2 Å². The van der Waals surface area contributed by atoms with Crippen LogP contribution in [0.4, 0.5) is 5.82 Å². The van der Waals surface area contributed by atoms with Gasteiger partial charge in [0.05, 0.1) is 23.6 Å². The lowest BCUT2D eigenvalue weighted by molar-refractivity contribution is -0.122. The molecule has 0 bridgehead atoms. The molecule has 0 spiro atoms. The fourth-order valence-corrected chi connectivity index (χ4v) is 5.80. The first-order valence-corrected chi connectivity index (χ1v) is 12.0. The monoisotopic (exact) mass is 472 g/mol. The van der Waals surface area contributed by atoms with E-state index in [9.17, 15) is 9.59 Å². The fourth-order valence-electron chi connectivity index (χ4n) is 4.51. The summed E-state index contributed by atoms with van der Waals surface area (Å²) in [4.78, 5) is 35.7. The molecule has 1 amide bonds. The quantitative estimate of drug-likeness (QED) is 0.488. The van der Waals surface area contributed by atoms with Gasteiger partial charge >= 0.3 is 0 Å². The molecule has 0 N–H and O–H groups in total. The molecule has 9 heteroatoms.